The van der Waals surface area contributed by atoms with Crippen molar-refractivity contribution in [3.05, 3.63) is 0 Å². The summed E-state index contributed by atoms with van der Waals surface area (Å²) in [6.07, 6.45) is 25.3. The van der Waals surface area contributed by atoms with E-state index in [1.807, 2.05) is 0 Å². The third-order valence-electron chi connectivity index (χ3n) is 5.91. The minimum absolute atomic E-state index is 0.177. The highest BCUT2D eigenvalue weighted by molar-refractivity contribution is 7.97. The molecule has 0 aromatic heterocycles. The summed E-state index contributed by atoms with van der Waals surface area (Å²) in [5.74, 6) is -0.287. The van der Waals surface area contributed by atoms with E-state index in [4.69, 9.17) is 9.84 Å². The summed E-state index contributed by atoms with van der Waals surface area (Å²) < 4.78 is 9.53. The van der Waals surface area contributed by atoms with Crippen LogP contribution in [0.15, 0.2) is 0 Å². The van der Waals surface area contributed by atoms with Gasteiger partial charge in [-0.05, 0) is 6.42 Å². The average Bonchev–Trinajstić information content (AvgIpc) is 2.80. The predicted octanol–water partition coefficient (Wildman–Crippen LogP) is 8.99. The minimum atomic E-state index is -1.42. The standard InChI is InChI=1S/C26H50O5S2/c1-2-3-4-5-6-7-8-9-10-11-12-13-14-15-16-17-18-19-20-21-22-30-25(27)24(23-32)33-31-26(28)29/h24,32H,2-23H2,1H3,(H,28,29). The lowest BCUT2D eigenvalue weighted by atomic mass is 10.0. The van der Waals surface area contributed by atoms with Gasteiger partial charge < -0.3 is 14.0 Å². The largest absolute Gasteiger partial charge is 0.518 e. The van der Waals surface area contributed by atoms with E-state index in [0.29, 0.717) is 18.6 Å². The third-order valence-corrected chi connectivity index (χ3v) is 7.35. The van der Waals surface area contributed by atoms with Crippen molar-refractivity contribution in [2.45, 2.75) is 141 Å². The Morgan fingerprint density at radius 2 is 1.06 bits per heavy atom. The summed E-state index contributed by atoms with van der Waals surface area (Å²) in [7, 11) is 0. The minimum Gasteiger partial charge on any atom is -0.465 e. The van der Waals surface area contributed by atoms with Crippen molar-refractivity contribution in [3.63, 3.8) is 0 Å². The highest BCUT2D eigenvalue weighted by Crippen LogP contribution is 2.17. The van der Waals surface area contributed by atoms with Crippen LogP contribution in [0.3, 0.4) is 0 Å². The zero-order valence-electron chi connectivity index (χ0n) is 21.1. The Hall–Kier alpha value is -0.560. The number of rotatable bonds is 25. The molecule has 0 fully saturated rings. The van der Waals surface area contributed by atoms with Gasteiger partial charge in [-0.1, -0.05) is 129 Å². The lowest BCUT2D eigenvalue weighted by Gasteiger charge is -2.11. The molecular formula is C26H50O5S2. The Morgan fingerprint density at radius 3 is 1.39 bits per heavy atom. The number of carboxylic acid groups (broad SMARTS) is 1. The Balaban J connectivity index is 3.25. The molecule has 0 aromatic rings. The molecule has 33 heavy (non-hydrogen) atoms. The first-order valence-corrected chi connectivity index (χ1v) is 14.9. The zero-order chi connectivity index (χ0) is 24.4. The molecule has 196 valence electrons. The molecule has 0 spiro atoms. The third kappa shape index (κ3) is 24.4. The maximum atomic E-state index is 11.8. The summed E-state index contributed by atoms with van der Waals surface area (Å²) >= 11 is 4.61. The van der Waals surface area contributed by atoms with Crippen LogP contribution in [0.4, 0.5) is 4.79 Å². The van der Waals surface area contributed by atoms with Crippen LogP contribution in [0.2, 0.25) is 0 Å². The molecule has 1 unspecified atom stereocenters. The van der Waals surface area contributed by atoms with Gasteiger partial charge in [-0.3, -0.25) is 4.79 Å². The number of carbonyl (C=O) groups excluding carboxylic acids is 1. The molecule has 0 aliphatic heterocycles. The van der Waals surface area contributed by atoms with Gasteiger partial charge in [0.2, 0.25) is 0 Å². The van der Waals surface area contributed by atoms with Crippen molar-refractivity contribution >= 4 is 36.8 Å². The molecular weight excluding hydrogens is 456 g/mol. The summed E-state index contributed by atoms with van der Waals surface area (Å²) in [5, 5.41) is 7.76. The number of unbranched alkanes of at least 4 members (excludes halogenated alkanes) is 19. The summed E-state index contributed by atoms with van der Waals surface area (Å²) in [6, 6.07) is 0. The Bertz CT molecular complexity index is 448. The van der Waals surface area contributed by atoms with Crippen molar-refractivity contribution in [1.82, 2.24) is 0 Å². The molecule has 7 heteroatoms. The second kappa shape index (κ2) is 26.1. The summed E-state index contributed by atoms with van der Waals surface area (Å²) in [4.78, 5) is 22.2. The molecule has 1 atom stereocenters. The molecule has 0 saturated carbocycles. The molecule has 0 heterocycles. The Kier molecular flexibility index (Phi) is 25.6. The number of carbonyl (C=O) groups is 2. The maximum absolute atomic E-state index is 11.8. The lowest BCUT2D eigenvalue weighted by Crippen LogP contribution is -2.23. The Morgan fingerprint density at radius 1 is 0.697 bits per heavy atom. The second-order valence-corrected chi connectivity index (χ2v) is 10.3. The number of ether oxygens (including phenoxy) is 1. The molecule has 0 bridgehead atoms. The van der Waals surface area contributed by atoms with Gasteiger partial charge in [0.1, 0.15) is 5.25 Å². The molecule has 0 saturated heterocycles. The van der Waals surface area contributed by atoms with Crippen molar-refractivity contribution in [2.24, 2.45) is 0 Å². The first kappa shape index (κ1) is 32.4. The fourth-order valence-corrected chi connectivity index (χ4v) is 4.60. The second-order valence-electron chi connectivity index (χ2n) is 9.00. The normalized spacial score (nSPS) is 11.9. The van der Waals surface area contributed by atoms with E-state index in [1.165, 1.54) is 116 Å². The van der Waals surface area contributed by atoms with Crippen LogP contribution in [0.5, 0.6) is 0 Å². The van der Waals surface area contributed by atoms with E-state index < -0.39 is 17.4 Å². The molecule has 5 nitrogen and oxygen atoms in total. The average molecular weight is 507 g/mol. The van der Waals surface area contributed by atoms with E-state index in [2.05, 4.69) is 23.7 Å². The lowest BCUT2D eigenvalue weighted by molar-refractivity contribution is -0.142. The van der Waals surface area contributed by atoms with Gasteiger partial charge in [-0.25, -0.2) is 4.79 Å². The highest BCUT2D eigenvalue weighted by atomic mass is 32.2. The number of hydrogen-bond acceptors (Lipinski definition) is 6. The van der Waals surface area contributed by atoms with Crippen LogP contribution >= 0.6 is 24.7 Å². The number of hydrogen-bond donors (Lipinski definition) is 2. The van der Waals surface area contributed by atoms with Gasteiger partial charge >= 0.3 is 12.1 Å². The topological polar surface area (TPSA) is 72.8 Å². The molecule has 0 aliphatic rings. The Labute approximate surface area is 213 Å². The molecule has 1 N–H and O–H groups in total. The fourth-order valence-electron chi connectivity index (χ4n) is 3.87. The molecule has 0 aromatic carbocycles. The highest BCUT2D eigenvalue weighted by Gasteiger charge is 2.22. The van der Waals surface area contributed by atoms with Crippen LogP contribution in [0.1, 0.15) is 135 Å². The first-order chi connectivity index (χ1) is 16.1. The van der Waals surface area contributed by atoms with Crippen LogP contribution in [0.25, 0.3) is 0 Å². The van der Waals surface area contributed by atoms with Crippen molar-refractivity contribution in [1.29, 1.82) is 0 Å². The van der Waals surface area contributed by atoms with Gasteiger partial charge in [0, 0.05) is 5.75 Å². The first-order valence-electron chi connectivity index (χ1n) is 13.5. The molecule has 0 radical (unpaired) electrons. The van der Waals surface area contributed by atoms with E-state index in [9.17, 15) is 9.59 Å². The summed E-state index contributed by atoms with van der Waals surface area (Å²) in [6.45, 7) is 2.65. The van der Waals surface area contributed by atoms with Gasteiger partial charge in [0.05, 0.1) is 18.6 Å². The van der Waals surface area contributed by atoms with Crippen LogP contribution in [-0.4, -0.2) is 34.8 Å². The molecule has 0 aliphatic carbocycles. The maximum Gasteiger partial charge on any atom is 0.518 e. The SMILES string of the molecule is CCCCCCCCCCCCCCCCCCCCCCOC(=O)C(CS)SOC(=O)O. The number of esters is 1. The molecule has 0 amide bonds. The zero-order valence-corrected chi connectivity index (χ0v) is 22.8. The van der Waals surface area contributed by atoms with Crippen molar-refractivity contribution in [2.75, 3.05) is 12.4 Å². The van der Waals surface area contributed by atoms with Crippen molar-refractivity contribution in [3.8, 4) is 0 Å². The van der Waals surface area contributed by atoms with E-state index >= 15 is 0 Å². The van der Waals surface area contributed by atoms with Crippen LogP contribution < -0.4 is 0 Å². The van der Waals surface area contributed by atoms with Crippen molar-refractivity contribution < 1.29 is 23.6 Å². The van der Waals surface area contributed by atoms with Gasteiger partial charge in [0.25, 0.3) is 0 Å². The quantitative estimate of drug-likeness (QED) is 0.0557. The molecule has 0 rings (SSSR count). The van der Waals surface area contributed by atoms with Gasteiger partial charge in [-0.15, -0.1) is 0 Å². The number of thiol groups is 1. The monoisotopic (exact) mass is 506 g/mol. The van der Waals surface area contributed by atoms with Crippen LogP contribution in [0, 0.1) is 0 Å². The fraction of sp³-hybridized carbons (Fsp3) is 0.923. The van der Waals surface area contributed by atoms with Gasteiger partial charge in [-0.2, -0.15) is 12.6 Å². The van der Waals surface area contributed by atoms with E-state index in [1.54, 1.807) is 0 Å². The predicted molar refractivity (Wildman–Crippen MR) is 143 cm³/mol. The van der Waals surface area contributed by atoms with Crippen LogP contribution in [-0.2, 0) is 13.7 Å². The van der Waals surface area contributed by atoms with Gasteiger partial charge in [0.15, 0.2) is 0 Å². The smallest absolute Gasteiger partial charge is 0.465 e. The van der Waals surface area contributed by atoms with E-state index in [-0.39, 0.29) is 5.75 Å². The van der Waals surface area contributed by atoms with E-state index in [0.717, 1.165) is 12.8 Å². The summed E-state index contributed by atoms with van der Waals surface area (Å²) in [5.41, 5.74) is 0.